The fraction of sp³-hybridized carbons (Fsp3) is 0.350. The third-order valence-corrected chi connectivity index (χ3v) is 5.54. The Kier molecular flexibility index (Phi) is 6.65. The highest BCUT2D eigenvalue weighted by Crippen LogP contribution is 2.22. The number of benzene rings is 2. The first-order chi connectivity index (χ1) is 12.2. The lowest BCUT2D eigenvalue weighted by molar-refractivity contribution is -0.113. The van der Waals surface area contributed by atoms with E-state index in [0.717, 1.165) is 29.6 Å². The van der Waals surface area contributed by atoms with Crippen molar-refractivity contribution in [3.8, 4) is 0 Å². The molecule has 2 aromatic rings. The smallest absolute Gasteiger partial charge is 0.234 e. The predicted molar refractivity (Wildman–Crippen MR) is 109 cm³/mol. The number of rotatable bonds is 6. The van der Waals surface area contributed by atoms with E-state index in [1.807, 2.05) is 36.4 Å². The minimum absolute atomic E-state index is 0.0321. The summed E-state index contributed by atoms with van der Waals surface area (Å²) >= 11 is 7.48. The Balaban J connectivity index is 1.43. The van der Waals surface area contributed by atoms with E-state index in [2.05, 4.69) is 22.3 Å². The van der Waals surface area contributed by atoms with Gasteiger partial charge < -0.3 is 10.2 Å². The van der Waals surface area contributed by atoms with Gasteiger partial charge in [0.05, 0.1) is 5.75 Å². The largest absolute Gasteiger partial charge is 0.372 e. The Labute approximate surface area is 158 Å². The van der Waals surface area contributed by atoms with Gasteiger partial charge in [0, 0.05) is 35.2 Å². The summed E-state index contributed by atoms with van der Waals surface area (Å²) in [5, 5.41) is 3.70. The molecule has 1 aliphatic heterocycles. The van der Waals surface area contributed by atoms with Gasteiger partial charge in [0.1, 0.15) is 0 Å². The molecule has 0 atom stereocenters. The van der Waals surface area contributed by atoms with Crippen LogP contribution >= 0.6 is 23.4 Å². The van der Waals surface area contributed by atoms with Crippen LogP contribution in [-0.4, -0.2) is 24.7 Å². The van der Waals surface area contributed by atoms with Crippen molar-refractivity contribution < 1.29 is 4.79 Å². The highest BCUT2D eigenvalue weighted by molar-refractivity contribution is 7.99. The maximum atomic E-state index is 12.1. The molecule has 5 heteroatoms. The molecular weight excluding hydrogens is 352 g/mol. The molecule has 3 rings (SSSR count). The highest BCUT2D eigenvalue weighted by atomic mass is 35.5. The summed E-state index contributed by atoms with van der Waals surface area (Å²) in [5.74, 6) is 1.28. The lowest BCUT2D eigenvalue weighted by atomic mass is 10.1. The van der Waals surface area contributed by atoms with E-state index in [0.29, 0.717) is 5.75 Å². The van der Waals surface area contributed by atoms with Gasteiger partial charge in [0.25, 0.3) is 0 Å². The number of hydrogen-bond donors (Lipinski definition) is 1. The summed E-state index contributed by atoms with van der Waals surface area (Å²) in [4.78, 5) is 14.5. The zero-order valence-electron chi connectivity index (χ0n) is 14.2. The van der Waals surface area contributed by atoms with Crippen molar-refractivity contribution in [1.29, 1.82) is 0 Å². The molecule has 0 saturated carbocycles. The molecule has 132 valence electrons. The maximum Gasteiger partial charge on any atom is 0.234 e. The molecule has 25 heavy (non-hydrogen) atoms. The first-order valence-corrected chi connectivity index (χ1v) is 10.2. The molecule has 1 saturated heterocycles. The number of carbonyl (C=O) groups excluding carboxylic acids is 1. The van der Waals surface area contributed by atoms with Crippen molar-refractivity contribution in [2.24, 2.45) is 0 Å². The summed E-state index contributed by atoms with van der Waals surface area (Å²) in [7, 11) is 0. The number of nitrogens with zero attached hydrogens (tertiary/aromatic N) is 1. The molecule has 2 aromatic carbocycles. The Morgan fingerprint density at radius 1 is 1.00 bits per heavy atom. The molecule has 0 spiro atoms. The highest BCUT2D eigenvalue weighted by Gasteiger charge is 2.11. The van der Waals surface area contributed by atoms with E-state index in [9.17, 15) is 4.79 Å². The SMILES string of the molecule is O=C(CSCc1ccc(Cl)cc1)Nc1ccc(N2CCCCC2)cc1. The van der Waals surface area contributed by atoms with Gasteiger partial charge >= 0.3 is 0 Å². The lowest BCUT2D eigenvalue weighted by Crippen LogP contribution is -2.29. The quantitative estimate of drug-likeness (QED) is 0.753. The van der Waals surface area contributed by atoms with Crippen molar-refractivity contribution >= 4 is 40.6 Å². The molecule has 3 nitrogen and oxygen atoms in total. The van der Waals surface area contributed by atoms with Gasteiger partial charge in [-0.05, 0) is 61.2 Å². The van der Waals surface area contributed by atoms with E-state index < -0.39 is 0 Å². The van der Waals surface area contributed by atoms with Crippen LogP contribution < -0.4 is 10.2 Å². The zero-order chi connectivity index (χ0) is 17.5. The van der Waals surface area contributed by atoms with E-state index in [1.54, 1.807) is 11.8 Å². The summed E-state index contributed by atoms with van der Waals surface area (Å²) in [6.45, 7) is 2.26. The maximum absolute atomic E-state index is 12.1. The van der Waals surface area contributed by atoms with Crippen LogP contribution in [-0.2, 0) is 10.5 Å². The Morgan fingerprint density at radius 2 is 1.68 bits per heavy atom. The van der Waals surface area contributed by atoms with Crippen LogP contribution in [0.2, 0.25) is 5.02 Å². The number of piperidine rings is 1. The number of halogens is 1. The van der Waals surface area contributed by atoms with Crippen LogP contribution in [0.4, 0.5) is 11.4 Å². The van der Waals surface area contributed by atoms with Crippen LogP contribution in [0.1, 0.15) is 24.8 Å². The molecule has 1 N–H and O–H groups in total. The Morgan fingerprint density at radius 3 is 2.36 bits per heavy atom. The fourth-order valence-electron chi connectivity index (χ4n) is 2.95. The summed E-state index contributed by atoms with van der Waals surface area (Å²) in [6, 6.07) is 15.9. The Hall–Kier alpha value is -1.65. The lowest BCUT2D eigenvalue weighted by Gasteiger charge is -2.28. The van der Waals surface area contributed by atoms with E-state index >= 15 is 0 Å². The van der Waals surface area contributed by atoms with Gasteiger partial charge in [-0.2, -0.15) is 0 Å². The van der Waals surface area contributed by atoms with Crippen molar-refractivity contribution in [3.63, 3.8) is 0 Å². The van der Waals surface area contributed by atoms with Crippen LogP contribution in [0, 0.1) is 0 Å². The van der Waals surface area contributed by atoms with Crippen LogP contribution in [0.5, 0.6) is 0 Å². The van der Waals surface area contributed by atoms with Gasteiger partial charge in [0.2, 0.25) is 5.91 Å². The Bertz CT molecular complexity index is 682. The molecule has 1 amide bonds. The van der Waals surface area contributed by atoms with Crippen molar-refractivity contribution in [2.45, 2.75) is 25.0 Å². The van der Waals surface area contributed by atoms with E-state index in [1.165, 1.54) is 30.5 Å². The fourth-order valence-corrected chi connectivity index (χ4v) is 3.86. The van der Waals surface area contributed by atoms with Crippen LogP contribution in [0.15, 0.2) is 48.5 Å². The van der Waals surface area contributed by atoms with Crippen LogP contribution in [0.3, 0.4) is 0 Å². The normalized spacial score (nSPS) is 14.4. The summed E-state index contributed by atoms with van der Waals surface area (Å²) < 4.78 is 0. The number of carbonyl (C=O) groups is 1. The summed E-state index contributed by atoms with van der Waals surface area (Å²) in [5.41, 5.74) is 3.28. The first-order valence-electron chi connectivity index (χ1n) is 8.68. The number of anilines is 2. The second-order valence-corrected chi connectivity index (χ2v) is 7.68. The number of nitrogens with one attached hydrogen (secondary N) is 1. The average molecular weight is 375 g/mol. The molecule has 0 unspecified atom stereocenters. The minimum atomic E-state index is 0.0321. The van der Waals surface area contributed by atoms with Crippen LogP contribution in [0.25, 0.3) is 0 Å². The van der Waals surface area contributed by atoms with Gasteiger partial charge in [-0.1, -0.05) is 23.7 Å². The topological polar surface area (TPSA) is 32.3 Å². The van der Waals surface area contributed by atoms with E-state index in [-0.39, 0.29) is 5.91 Å². The third kappa shape index (κ3) is 5.68. The monoisotopic (exact) mass is 374 g/mol. The van der Waals surface area contributed by atoms with Gasteiger partial charge in [-0.25, -0.2) is 0 Å². The number of amides is 1. The van der Waals surface area contributed by atoms with Crippen molar-refractivity contribution in [3.05, 3.63) is 59.1 Å². The molecule has 0 aromatic heterocycles. The molecule has 1 heterocycles. The molecule has 1 aliphatic rings. The summed E-state index contributed by atoms with van der Waals surface area (Å²) in [6.07, 6.45) is 3.87. The van der Waals surface area contributed by atoms with Gasteiger partial charge in [-0.3, -0.25) is 4.79 Å². The zero-order valence-corrected chi connectivity index (χ0v) is 15.8. The molecule has 1 fully saturated rings. The van der Waals surface area contributed by atoms with E-state index in [4.69, 9.17) is 11.6 Å². The molecule has 0 aliphatic carbocycles. The van der Waals surface area contributed by atoms with Gasteiger partial charge in [0.15, 0.2) is 0 Å². The van der Waals surface area contributed by atoms with Crippen molar-refractivity contribution in [2.75, 3.05) is 29.1 Å². The number of hydrogen-bond acceptors (Lipinski definition) is 3. The second kappa shape index (κ2) is 9.16. The minimum Gasteiger partial charge on any atom is -0.372 e. The predicted octanol–water partition coefficient (Wildman–Crippen LogP) is 5.20. The number of thioether (sulfide) groups is 1. The molecule has 0 bridgehead atoms. The second-order valence-electron chi connectivity index (χ2n) is 6.26. The first kappa shape index (κ1) is 18.2. The van der Waals surface area contributed by atoms with Crippen molar-refractivity contribution in [1.82, 2.24) is 0 Å². The molecule has 0 radical (unpaired) electrons. The average Bonchev–Trinajstić information content (AvgIpc) is 2.65. The molecular formula is C20H23ClN2OS. The standard InChI is InChI=1S/C20H23ClN2OS/c21-17-6-4-16(5-7-17)14-25-15-20(24)22-18-8-10-19(11-9-18)23-12-2-1-3-13-23/h4-11H,1-3,12-15H2,(H,22,24). The third-order valence-electron chi connectivity index (χ3n) is 4.29. The van der Waals surface area contributed by atoms with Gasteiger partial charge in [-0.15, -0.1) is 11.8 Å².